The van der Waals surface area contributed by atoms with Crippen LogP contribution in [-0.4, -0.2) is 40.2 Å². The van der Waals surface area contributed by atoms with Crippen LogP contribution in [0, 0.1) is 5.92 Å². The molecule has 0 saturated carbocycles. The zero-order valence-corrected chi connectivity index (χ0v) is 11.4. The van der Waals surface area contributed by atoms with Crippen LogP contribution in [-0.2, 0) is 13.5 Å². The Hall–Kier alpha value is -0.540. The molecule has 96 valence electrons. The van der Waals surface area contributed by atoms with Gasteiger partial charge in [-0.15, -0.1) is 11.6 Å². The van der Waals surface area contributed by atoms with E-state index in [9.17, 15) is 0 Å². The van der Waals surface area contributed by atoms with Gasteiger partial charge in [0.15, 0.2) is 0 Å². The van der Waals surface area contributed by atoms with Gasteiger partial charge in [-0.25, -0.2) is 0 Å². The molecule has 1 fully saturated rings. The van der Waals surface area contributed by atoms with Crippen LogP contribution in [0.25, 0.3) is 0 Å². The van der Waals surface area contributed by atoms with Crippen molar-refractivity contribution < 1.29 is 0 Å². The van der Waals surface area contributed by atoms with Gasteiger partial charge in [0.25, 0.3) is 0 Å². The summed E-state index contributed by atoms with van der Waals surface area (Å²) in [4.78, 5) is 2.58. The van der Waals surface area contributed by atoms with Gasteiger partial charge in [0.05, 0.1) is 0 Å². The van der Waals surface area contributed by atoms with E-state index in [2.05, 4.69) is 16.1 Å². The van der Waals surface area contributed by atoms with Crippen LogP contribution in [0.4, 0.5) is 0 Å². The molecule has 2 heterocycles. The fourth-order valence-electron chi connectivity index (χ4n) is 2.66. The van der Waals surface area contributed by atoms with E-state index in [1.54, 1.807) is 0 Å². The van der Waals surface area contributed by atoms with E-state index >= 15 is 0 Å². The number of nitrogens with zero attached hydrogens (tertiary/aromatic N) is 3. The molecule has 0 bridgehead atoms. The summed E-state index contributed by atoms with van der Waals surface area (Å²) in [6, 6.07) is 2.11. The molecule has 1 atom stereocenters. The number of halogens is 1. The van der Waals surface area contributed by atoms with Crippen LogP contribution in [0.5, 0.6) is 0 Å². The maximum atomic E-state index is 5.83. The topological polar surface area (TPSA) is 21.1 Å². The number of rotatable bonds is 5. The van der Waals surface area contributed by atoms with E-state index in [0.29, 0.717) is 0 Å². The Bertz CT molecular complexity index is 335. The third kappa shape index (κ3) is 3.71. The Morgan fingerprint density at radius 2 is 2.41 bits per heavy atom. The number of alkyl halides is 1. The quantitative estimate of drug-likeness (QED) is 0.753. The molecule has 0 aromatic carbocycles. The van der Waals surface area contributed by atoms with Crippen molar-refractivity contribution in [3.8, 4) is 0 Å². The van der Waals surface area contributed by atoms with Crippen LogP contribution in [0.1, 0.15) is 25.0 Å². The second-order valence-corrected chi connectivity index (χ2v) is 5.36. The molecule has 0 amide bonds. The van der Waals surface area contributed by atoms with Crippen LogP contribution in [0.3, 0.4) is 0 Å². The summed E-state index contributed by atoms with van der Waals surface area (Å²) in [7, 11) is 2.02. The first-order chi connectivity index (χ1) is 8.29. The predicted octanol–water partition coefficient (Wildman–Crippen LogP) is 2.30. The van der Waals surface area contributed by atoms with Crippen molar-refractivity contribution in [2.75, 3.05) is 25.5 Å². The Morgan fingerprint density at radius 1 is 1.53 bits per heavy atom. The first kappa shape index (κ1) is 12.9. The minimum absolute atomic E-state index is 0.806. The van der Waals surface area contributed by atoms with E-state index in [0.717, 1.165) is 24.8 Å². The zero-order chi connectivity index (χ0) is 12.1. The molecular weight excluding hydrogens is 234 g/mol. The SMILES string of the molecule is Cn1nccc1CCN1CCCC(CCCl)C1. The molecule has 1 aromatic heterocycles. The van der Waals surface area contributed by atoms with Crippen LogP contribution >= 0.6 is 11.6 Å². The van der Waals surface area contributed by atoms with E-state index in [4.69, 9.17) is 11.6 Å². The summed E-state index contributed by atoms with van der Waals surface area (Å²) in [6.45, 7) is 3.62. The highest BCUT2D eigenvalue weighted by atomic mass is 35.5. The smallest absolute Gasteiger partial charge is 0.0492 e. The van der Waals surface area contributed by atoms with Gasteiger partial charge >= 0.3 is 0 Å². The maximum absolute atomic E-state index is 5.83. The molecule has 0 N–H and O–H groups in total. The molecule has 17 heavy (non-hydrogen) atoms. The first-order valence-corrected chi connectivity index (χ1v) is 7.08. The normalized spacial score (nSPS) is 21.9. The number of aromatic nitrogens is 2. The molecule has 0 radical (unpaired) electrons. The van der Waals surface area contributed by atoms with Gasteiger partial charge in [0.1, 0.15) is 0 Å². The third-order valence-corrected chi connectivity index (χ3v) is 3.95. The monoisotopic (exact) mass is 255 g/mol. The average Bonchev–Trinajstić information content (AvgIpc) is 2.73. The van der Waals surface area contributed by atoms with E-state index < -0.39 is 0 Å². The van der Waals surface area contributed by atoms with Crippen LogP contribution < -0.4 is 0 Å². The van der Waals surface area contributed by atoms with E-state index in [1.807, 2.05) is 17.9 Å². The lowest BCUT2D eigenvalue weighted by molar-refractivity contribution is 0.173. The first-order valence-electron chi connectivity index (χ1n) is 6.55. The average molecular weight is 256 g/mol. The van der Waals surface area contributed by atoms with E-state index in [1.165, 1.54) is 38.0 Å². The number of hydrogen-bond acceptors (Lipinski definition) is 2. The van der Waals surface area contributed by atoms with Gasteiger partial charge in [-0.1, -0.05) is 0 Å². The summed E-state index contributed by atoms with van der Waals surface area (Å²) in [5.74, 6) is 1.62. The highest BCUT2D eigenvalue weighted by Crippen LogP contribution is 2.20. The number of likely N-dealkylation sites (tertiary alicyclic amines) is 1. The van der Waals surface area contributed by atoms with Gasteiger partial charge < -0.3 is 4.90 Å². The van der Waals surface area contributed by atoms with Crippen molar-refractivity contribution in [2.45, 2.75) is 25.7 Å². The number of aryl methyl sites for hydroxylation is 1. The fraction of sp³-hybridized carbons (Fsp3) is 0.769. The van der Waals surface area contributed by atoms with Crippen molar-refractivity contribution in [3.05, 3.63) is 18.0 Å². The summed E-state index contributed by atoms with van der Waals surface area (Å²) >= 11 is 5.83. The lowest BCUT2D eigenvalue weighted by Crippen LogP contribution is -2.37. The molecule has 1 saturated heterocycles. The summed E-state index contributed by atoms with van der Waals surface area (Å²) in [6.07, 6.45) is 6.83. The molecule has 4 heteroatoms. The van der Waals surface area contributed by atoms with Crippen molar-refractivity contribution >= 4 is 11.6 Å². The Balaban J connectivity index is 1.77. The molecule has 1 aliphatic heterocycles. The molecule has 2 rings (SSSR count). The van der Waals surface area contributed by atoms with Gasteiger partial charge in [0, 0.05) is 44.3 Å². The maximum Gasteiger partial charge on any atom is 0.0492 e. The van der Waals surface area contributed by atoms with Gasteiger partial charge in [-0.3, -0.25) is 4.68 Å². The largest absolute Gasteiger partial charge is 0.303 e. The minimum Gasteiger partial charge on any atom is -0.303 e. The molecule has 3 nitrogen and oxygen atoms in total. The lowest BCUT2D eigenvalue weighted by atomic mass is 9.95. The Morgan fingerprint density at radius 3 is 3.12 bits per heavy atom. The zero-order valence-electron chi connectivity index (χ0n) is 10.6. The molecule has 1 unspecified atom stereocenters. The minimum atomic E-state index is 0.806. The van der Waals surface area contributed by atoms with Crippen LogP contribution in [0.2, 0.25) is 0 Å². The summed E-state index contributed by atoms with van der Waals surface area (Å²) in [5, 5.41) is 4.21. The van der Waals surface area contributed by atoms with Crippen molar-refractivity contribution in [3.63, 3.8) is 0 Å². The molecule has 0 spiro atoms. The van der Waals surface area contributed by atoms with Gasteiger partial charge in [0.2, 0.25) is 0 Å². The van der Waals surface area contributed by atoms with E-state index in [-0.39, 0.29) is 0 Å². The summed E-state index contributed by atoms with van der Waals surface area (Å²) in [5.41, 5.74) is 1.32. The summed E-state index contributed by atoms with van der Waals surface area (Å²) < 4.78 is 1.97. The molecule has 0 aliphatic carbocycles. The number of hydrogen-bond donors (Lipinski definition) is 0. The number of piperidine rings is 1. The Kier molecular flexibility index (Phi) is 4.86. The second kappa shape index (κ2) is 6.41. The predicted molar refractivity (Wildman–Crippen MR) is 71.4 cm³/mol. The molecule has 1 aromatic rings. The Labute approximate surface area is 109 Å². The van der Waals surface area contributed by atoms with Gasteiger partial charge in [-0.2, -0.15) is 5.10 Å². The standard InChI is InChI=1S/C13H22ClN3/c1-16-13(5-8-15-16)6-10-17-9-2-3-12(11-17)4-7-14/h5,8,12H,2-4,6-7,9-11H2,1H3. The van der Waals surface area contributed by atoms with Crippen molar-refractivity contribution in [1.82, 2.24) is 14.7 Å². The van der Waals surface area contributed by atoms with Crippen molar-refractivity contribution in [1.29, 1.82) is 0 Å². The third-order valence-electron chi connectivity index (χ3n) is 3.73. The lowest BCUT2D eigenvalue weighted by Gasteiger charge is -2.32. The van der Waals surface area contributed by atoms with Gasteiger partial charge in [-0.05, 0) is 37.8 Å². The highest BCUT2D eigenvalue weighted by Gasteiger charge is 2.19. The molecule has 1 aliphatic rings. The highest BCUT2D eigenvalue weighted by molar-refractivity contribution is 6.17. The second-order valence-electron chi connectivity index (χ2n) is 4.98. The fourth-order valence-corrected chi connectivity index (χ4v) is 2.97. The van der Waals surface area contributed by atoms with Crippen LogP contribution in [0.15, 0.2) is 12.3 Å². The molecular formula is C13H22ClN3. The van der Waals surface area contributed by atoms with Crippen molar-refractivity contribution in [2.24, 2.45) is 13.0 Å².